The summed E-state index contributed by atoms with van der Waals surface area (Å²) in [6, 6.07) is 3.83. The largest absolute Gasteiger partial charge is 0.343 e. The topological polar surface area (TPSA) is 54.9 Å². The lowest BCUT2D eigenvalue weighted by Gasteiger charge is -2.16. The Bertz CT molecular complexity index is 566. The van der Waals surface area contributed by atoms with E-state index in [4.69, 9.17) is 0 Å². The van der Waals surface area contributed by atoms with Crippen molar-refractivity contribution in [2.75, 3.05) is 0 Å². The van der Waals surface area contributed by atoms with Gasteiger partial charge in [-0.1, -0.05) is 26.8 Å². The van der Waals surface area contributed by atoms with Crippen molar-refractivity contribution in [3.63, 3.8) is 0 Å². The molecule has 5 heteroatoms. The van der Waals surface area contributed by atoms with Gasteiger partial charge in [-0.05, 0) is 24.0 Å². The van der Waals surface area contributed by atoms with E-state index < -0.39 is 0 Å². The first-order valence-corrected chi connectivity index (χ1v) is 7.66. The number of nitrogens with one attached hydrogen (secondary N) is 1. The molecule has 0 saturated carbocycles. The molecule has 2 heterocycles. The molecule has 0 bridgehead atoms. The zero-order valence-corrected chi connectivity index (χ0v) is 12.8. The second kappa shape index (κ2) is 6.61. The highest BCUT2D eigenvalue weighted by Gasteiger charge is 2.17. The van der Waals surface area contributed by atoms with E-state index >= 15 is 0 Å². The standard InChI is InChI=1S/C15H19N3OS/c1-4-12(11-6-5-7-16-8-11)17-14(19)15-18-13(9-20-15)10(2)3/h5-10,12H,4H2,1-3H3,(H,17,19). The molecule has 0 fully saturated rings. The number of aromatic nitrogens is 2. The van der Waals surface area contributed by atoms with Crippen LogP contribution < -0.4 is 5.32 Å². The molecule has 20 heavy (non-hydrogen) atoms. The van der Waals surface area contributed by atoms with Crippen LogP contribution in [0.25, 0.3) is 0 Å². The summed E-state index contributed by atoms with van der Waals surface area (Å²) in [4.78, 5) is 20.7. The number of carbonyl (C=O) groups is 1. The summed E-state index contributed by atoms with van der Waals surface area (Å²) in [5.74, 6) is 0.227. The molecule has 4 nitrogen and oxygen atoms in total. The molecule has 0 aromatic carbocycles. The van der Waals surface area contributed by atoms with Gasteiger partial charge in [-0.15, -0.1) is 11.3 Å². The van der Waals surface area contributed by atoms with Gasteiger partial charge in [0, 0.05) is 17.8 Å². The first-order valence-electron chi connectivity index (χ1n) is 6.78. The molecule has 0 aliphatic rings. The molecule has 1 N–H and O–H groups in total. The Balaban J connectivity index is 2.09. The van der Waals surface area contributed by atoms with Gasteiger partial charge in [0.2, 0.25) is 0 Å². The van der Waals surface area contributed by atoms with Crippen molar-refractivity contribution in [3.8, 4) is 0 Å². The summed E-state index contributed by atoms with van der Waals surface area (Å²) in [7, 11) is 0. The Morgan fingerprint density at radius 2 is 2.25 bits per heavy atom. The third-order valence-electron chi connectivity index (χ3n) is 3.11. The van der Waals surface area contributed by atoms with E-state index in [0.29, 0.717) is 10.9 Å². The summed E-state index contributed by atoms with van der Waals surface area (Å²) >= 11 is 1.39. The number of carbonyl (C=O) groups excluding carboxylic acids is 1. The fourth-order valence-corrected chi connectivity index (χ4v) is 2.76. The molecule has 106 valence electrons. The minimum atomic E-state index is -0.113. The van der Waals surface area contributed by atoms with Crippen LogP contribution in [0.1, 0.15) is 60.2 Å². The van der Waals surface area contributed by atoms with Gasteiger partial charge < -0.3 is 5.32 Å². The molecule has 2 aromatic rings. The van der Waals surface area contributed by atoms with Crippen molar-refractivity contribution in [3.05, 3.63) is 46.2 Å². The van der Waals surface area contributed by atoms with Gasteiger partial charge in [0.25, 0.3) is 5.91 Å². The maximum Gasteiger partial charge on any atom is 0.280 e. The summed E-state index contributed by atoms with van der Waals surface area (Å²) in [5.41, 5.74) is 1.98. The van der Waals surface area contributed by atoms with Gasteiger partial charge in [-0.2, -0.15) is 0 Å². The maximum atomic E-state index is 12.2. The summed E-state index contributed by atoms with van der Waals surface area (Å²) < 4.78 is 0. The summed E-state index contributed by atoms with van der Waals surface area (Å²) in [6.45, 7) is 6.18. The molecule has 1 amide bonds. The van der Waals surface area contributed by atoms with Crippen LogP contribution >= 0.6 is 11.3 Å². The Hall–Kier alpha value is -1.75. The average molecular weight is 289 g/mol. The predicted octanol–water partition coefficient (Wildman–Crippen LogP) is 3.54. The zero-order valence-electron chi connectivity index (χ0n) is 12.0. The van der Waals surface area contributed by atoms with Crippen LogP contribution in [0.5, 0.6) is 0 Å². The predicted molar refractivity (Wildman–Crippen MR) is 80.9 cm³/mol. The third-order valence-corrected chi connectivity index (χ3v) is 3.97. The van der Waals surface area contributed by atoms with Crippen molar-refractivity contribution in [2.45, 2.75) is 39.2 Å². The fraction of sp³-hybridized carbons (Fsp3) is 0.400. The lowest BCUT2D eigenvalue weighted by Crippen LogP contribution is -2.28. The van der Waals surface area contributed by atoms with Crippen molar-refractivity contribution in [2.24, 2.45) is 0 Å². The Labute approximate surface area is 123 Å². The van der Waals surface area contributed by atoms with E-state index in [1.807, 2.05) is 24.4 Å². The smallest absolute Gasteiger partial charge is 0.280 e. The second-order valence-electron chi connectivity index (χ2n) is 4.95. The van der Waals surface area contributed by atoms with Crippen LogP contribution in [0.3, 0.4) is 0 Å². The number of amides is 1. The van der Waals surface area contributed by atoms with E-state index in [0.717, 1.165) is 17.7 Å². The molecule has 0 aliphatic carbocycles. The minimum absolute atomic E-state index is 0.0254. The third kappa shape index (κ3) is 3.42. The van der Waals surface area contributed by atoms with Crippen LogP contribution in [0.2, 0.25) is 0 Å². The first-order chi connectivity index (χ1) is 9.61. The molecule has 0 aliphatic heterocycles. The lowest BCUT2D eigenvalue weighted by atomic mass is 10.1. The average Bonchev–Trinajstić information content (AvgIpc) is 2.95. The number of hydrogen-bond acceptors (Lipinski definition) is 4. The van der Waals surface area contributed by atoms with E-state index in [9.17, 15) is 4.79 Å². The molecule has 1 unspecified atom stereocenters. The zero-order chi connectivity index (χ0) is 14.5. The molecule has 2 aromatic heterocycles. The van der Waals surface area contributed by atoms with Crippen molar-refractivity contribution < 1.29 is 4.79 Å². The lowest BCUT2D eigenvalue weighted by molar-refractivity contribution is 0.0935. The van der Waals surface area contributed by atoms with E-state index in [-0.39, 0.29) is 11.9 Å². The monoisotopic (exact) mass is 289 g/mol. The van der Waals surface area contributed by atoms with Gasteiger partial charge in [0.15, 0.2) is 5.01 Å². The number of rotatable bonds is 5. The van der Waals surface area contributed by atoms with Crippen LogP contribution in [-0.4, -0.2) is 15.9 Å². The SMILES string of the molecule is CCC(NC(=O)c1nc(C(C)C)cs1)c1cccnc1. The highest BCUT2D eigenvalue weighted by atomic mass is 32.1. The highest BCUT2D eigenvalue weighted by Crippen LogP contribution is 2.20. The maximum absolute atomic E-state index is 12.2. The van der Waals surface area contributed by atoms with Crippen LogP contribution in [0.15, 0.2) is 29.9 Å². The van der Waals surface area contributed by atoms with Crippen molar-refractivity contribution in [1.29, 1.82) is 0 Å². The van der Waals surface area contributed by atoms with Gasteiger partial charge in [-0.3, -0.25) is 9.78 Å². The molecule has 0 saturated heterocycles. The molecule has 0 radical (unpaired) electrons. The van der Waals surface area contributed by atoms with E-state index in [1.54, 1.807) is 12.4 Å². The van der Waals surface area contributed by atoms with Gasteiger partial charge in [0.05, 0.1) is 11.7 Å². The molecular weight excluding hydrogens is 270 g/mol. The number of thiazole rings is 1. The van der Waals surface area contributed by atoms with E-state index in [1.165, 1.54) is 11.3 Å². The Morgan fingerprint density at radius 1 is 1.45 bits per heavy atom. The minimum Gasteiger partial charge on any atom is -0.343 e. The first kappa shape index (κ1) is 14.7. The van der Waals surface area contributed by atoms with Crippen LogP contribution in [-0.2, 0) is 0 Å². The van der Waals surface area contributed by atoms with Gasteiger partial charge in [-0.25, -0.2) is 4.98 Å². The number of hydrogen-bond donors (Lipinski definition) is 1. The van der Waals surface area contributed by atoms with E-state index in [2.05, 4.69) is 29.1 Å². The fourth-order valence-electron chi connectivity index (χ4n) is 1.88. The number of nitrogens with zero attached hydrogens (tertiary/aromatic N) is 2. The molecular formula is C15H19N3OS. The van der Waals surface area contributed by atoms with Crippen molar-refractivity contribution >= 4 is 17.2 Å². The molecule has 2 rings (SSSR count). The van der Waals surface area contributed by atoms with Crippen LogP contribution in [0.4, 0.5) is 0 Å². The molecule has 1 atom stereocenters. The Morgan fingerprint density at radius 3 is 2.80 bits per heavy atom. The Kier molecular flexibility index (Phi) is 4.84. The quantitative estimate of drug-likeness (QED) is 0.916. The van der Waals surface area contributed by atoms with Gasteiger partial charge >= 0.3 is 0 Å². The summed E-state index contributed by atoms with van der Waals surface area (Å²) in [6.07, 6.45) is 4.34. The van der Waals surface area contributed by atoms with Crippen molar-refractivity contribution in [1.82, 2.24) is 15.3 Å². The highest BCUT2D eigenvalue weighted by molar-refractivity contribution is 7.11. The number of pyridine rings is 1. The summed E-state index contributed by atoms with van der Waals surface area (Å²) in [5, 5.41) is 5.49. The normalized spacial score (nSPS) is 12.4. The van der Waals surface area contributed by atoms with Crippen LogP contribution in [0, 0.1) is 0 Å². The molecule has 0 spiro atoms. The second-order valence-corrected chi connectivity index (χ2v) is 5.81. The van der Waals surface area contributed by atoms with Gasteiger partial charge in [0.1, 0.15) is 0 Å².